The first-order valence-corrected chi connectivity index (χ1v) is 7.18. The van der Waals surface area contributed by atoms with Crippen molar-refractivity contribution in [2.45, 2.75) is 26.4 Å². The van der Waals surface area contributed by atoms with Crippen LogP contribution < -0.4 is 10.1 Å². The molecule has 124 valence electrons. The van der Waals surface area contributed by atoms with Gasteiger partial charge in [-0.25, -0.2) is 9.18 Å². The van der Waals surface area contributed by atoms with E-state index in [4.69, 9.17) is 9.26 Å². The molecular weight excluding hydrogens is 301 g/mol. The van der Waals surface area contributed by atoms with Crippen molar-refractivity contribution in [3.05, 3.63) is 47.1 Å². The van der Waals surface area contributed by atoms with Crippen LogP contribution in [0.2, 0.25) is 0 Å². The minimum Gasteiger partial charge on any atom is -0.494 e. The number of carbonyl (C=O) groups is 1. The maximum Gasteiger partial charge on any atom is 0.317 e. The van der Waals surface area contributed by atoms with Crippen LogP contribution in [0.5, 0.6) is 5.75 Å². The molecule has 0 aliphatic heterocycles. The number of methoxy groups -OCH3 is 1. The largest absolute Gasteiger partial charge is 0.494 e. The smallest absolute Gasteiger partial charge is 0.317 e. The van der Waals surface area contributed by atoms with E-state index in [-0.39, 0.29) is 17.8 Å². The average molecular weight is 321 g/mol. The summed E-state index contributed by atoms with van der Waals surface area (Å²) in [6.07, 6.45) is 0. The molecule has 1 unspecified atom stereocenters. The van der Waals surface area contributed by atoms with E-state index in [1.54, 1.807) is 33.0 Å². The van der Waals surface area contributed by atoms with Crippen molar-refractivity contribution in [3.63, 3.8) is 0 Å². The number of rotatable bonds is 5. The second-order valence-corrected chi connectivity index (χ2v) is 5.35. The van der Waals surface area contributed by atoms with E-state index in [2.05, 4.69) is 10.5 Å². The molecule has 0 saturated heterocycles. The van der Waals surface area contributed by atoms with Crippen molar-refractivity contribution < 1.29 is 18.4 Å². The summed E-state index contributed by atoms with van der Waals surface area (Å²) in [6, 6.07) is 5.75. The molecule has 1 aromatic carbocycles. The predicted molar refractivity (Wildman–Crippen MR) is 82.6 cm³/mol. The first-order valence-electron chi connectivity index (χ1n) is 7.18. The maximum absolute atomic E-state index is 13.7. The lowest BCUT2D eigenvalue weighted by Crippen LogP contribution is -2.38. The Morgan fingerprint density at radius 2 is 2.22 bits per heavy atom. The Morgan fingerprint density at radius 1 is 1.48 bits per heavy atom. The molecule has 0 aliphatic rings. The SMILES string of the molecule is COc1ccc(C(C)NC(=O)N(C)Cc2cc(C)on2)cc1F. The fourth-order valence-electron chi connectivity index (χ4n) is 2.14. The van der Waals surface area contributed by atoms with Crippen LogP contribution >= 0.6 is 0 Å². The maximum atomic E-state index is 13.7. The van der Waals surface area contributed by atoms with Crippen molar-refractivity contribution in [3.8, 4) is 5.75 Å². The van der Waals surface area contributed by atoms with Gasteiger partial charge in [0.2, 0.25) is 0 Å². The second-order valence-electron chi connectivity index (χ2n) is 5.35. The topological polar surface area (TPSA) is 67.6 Å². The summed E-state index contributed by atoms with van der Waals surface area (Å²) in [5, 5.41) is 6.65. The summed E-state index contributed by atoms with van der Waals surface area (Å²) in [7, 11) is 3.06. The predicted octanol–water partition coefficient (Wildman–Crippen LogP) is 3.03. The number of carbonyl (C=O) groups excluding carboxylic acids is 1. The van der Waals surface area contributed by atoms with E-state index in [0.29, 0.717) is 23.6 Å². The Hall–Kier alpha value is -2.57. The Morgan fingerprint density at radius 3 is 2.78 bits per heavy atom. The van der Waals surface area contributed by atoms with Gasteiger partial charge < -0.3 is 19.5 Å². The molecule has 0 bridgehead atoms. The van der Waals surface area contributed by atoms with E-state index in [1.165, 1.54) is 24.1 Å². The molecule has 1 heterocycles. The Kier molecular flexibility index (Phi) is 5.20. The third kappa shape index (κ3) is 4.21. The van der Waals surface area contributed by atoms with Crippen LogP contribution in [-0.2, 0) is 6.54 Å². The van der Waals surface area contributed by atoms with Gasteiger partial charge in [0.05, 0.1) is 19.7 Å². The highest BCUT2D eigenvalue weighted by Gasteiger charge is 2.16. The number of amides is 2. The van der Waals surface area contributed by atoms with Crippen LogP contribution in [0, 0.1) is 12.7 Å². The molecule has 23 heavy (non-hydrogen) atoms. The molecule has 7 heteroatoms. The molecule has 0 saturated carbocycles. The molecule has 0 spiro atoms. The zero-order valence-corrected chi connectivity index (χ0v) is 13.6. The van der Waals surface area contributed by atoms with E-state index >= 15 is 0 Å². The quantitative estimate of drug-likeness (QED) is 0.919. The molecule has 1 aromatic heterocycles. The molecule has 0 radical (unpaired) electrons. The third-order valence-electron chi connectivity index (χ3n) is 3.44. The van der Waals surface area contributed by atoms with Gasteiger partial charge >= 0.3 is 6.03 Å². The monoisotopic (exact) mass is 321 g/mol. The Balaban J connectivity index is 1.97. The van der Waals surface area contributed by atoms with E-state index in [0.717, 1.165) is 0 Å². The highest BCUT2D eigenvalue weighted by atomic mass is 19.1. The summed E-state index contributed by atoms with van der Waals surface area (Å²) in [4.78, 5) is 13.7. The number of aromatic nitrogens is 1. The minimum absolute atomic E-state index is 0.172. The standard InChI is InChI=1S/C16H20FN3O3/c1-10-7-13(19-23-10)9-20(3)16(21)18-11(2)12-5-6-15(22-4)14(17)8-12/h5-8,11H,9H2,1-4H3,(H,18,21). The molecule has 2 rings (SSSR count). The van der Waals surface area contributed by atoms with Crippen molar-refractivity contribution in [1.29, 1.82) is 0 Å². The highest BCUT2D eigenvalue weighted by Crippen LogP contribution is 2.21. The van der Waals surface area contributed by atoms with Crippen LogP contribution in [0.25, 0.3) is 0 Å². The van der Waals surface area contributed by atoms with Crippen molar-refractivity contribution >= 4 is 6.03 Å². The summed E-state index contributed by atoms with van der Waals surface area (Å²) >= 11 is 0. The first-order chi connectivity index (χ1) is 10.9. The van der Waals surface area contributed by atoms with Crippen molar-refractivity contribution in [1.82, 2.24) is 15.4 Å². The summed E-state index contributed by atoms with van der Waals surface area (Å²) in [5.74, 6) is 0.402. The Bertz CT molecular complexity index is 687. The van der Waals surface area contributed by atoms with E-state index < -0.39 is 5.82 Å². The normalized spacial score (nSPS) is 11.9. The van der Waals surface area contributed by atoms with Crippen LogP contribution in [-0.4, -0.2) is 30.2 Å². The zero-order chi connectivity index (χ0) is 17.0. The number of benzene rings is 1. The fourth-order valence-corrected chi connectivity index (χ4v) is 2.14. The molecule has 2 amide bonds. The summed E-state index contributed by atoms with van der Waals surface area (Å²) in [5.41, 5.74) is 1.32. The van der Waals surface area contributed by atoms with Gasteiger partial charge in [-0.15, -0.1) is 0 Å². The third-order valence-corrected chi connectivity index (χ3v) is 3.44. The van der Waals surface area contributed by atoms with Gasteiger partial charge in [0, 0.05) is 13.1 Å². The summed E-state index contributed by atoms with van der Waals surface area (Å²) in [6.45, 7) is 3.90. The number of ether oxygens (including phenoxy) is 1. The second kappa shape index (κ2) is 7.13. The fraction of sp³-hybridized carbons (Fsp3) is 0.375. The van der Waals surface area contributed by atoms with E-state index in [1.807, 2.05) is 0 Å². The molecule has 0 fully saturated rings. The lowest BCUT2D eigenvalue weighted by molar-refractivity contribution is 0.202. The molecule has 6 nitrogen and oxygen atoms in total. The number of urea groups is 1. The van der Waals surface area contributed by atoms with Gasteiger partial charge in [-0.2, -0.15) is 0 Å². The average Bonchev–Trinajstić information content (AvgIpc) is 2.92. The molecule has 0 aliphatic carbocycles. The number of aryl methyl sites for hydroxylation is 1. The van der Waals surface area contributed by atoms with Gasteiger partial charge in [-0.3, -0.25) is 0 Å². The number of halogens is 1. The number of nitrogens with zero attached hydrogens (tertiary/aromatic N) is 2. The number of nitrogens with one attached hydrogen (secondary N) is 1. The van der Waals surface area contributed by atoms with Gasteiger partial charge in [0.1, 0.15) is 11.5 Å². The highest BCUT2D eigenvalue weighted by molar-refractivity contribution is 5.74. The summed E-state index contributed by atoms with van der Waals surface area (Å²) < 4.78 is 23.6. The molecule has 2 aromatic rings. The first kappa shape index (κ1) is 16.8. The van der Waals surface area contributed by atoms with Crippen LogP contribution in [0.1, 0.15) is 30.0 Å². The number of hydrogen-bond donors (Lipinski definition) is 1. The van der Waals surface area contributed by atoms with Gasteiger partial charge in [-0.05, 0) is 31.5 Å². The lowest BCUT2D eigenvalue weighted by Gasteiger charge is -2.21. The van der Waals surface area contributed by atoms with Crippen molar-refractivity contribution in [2.75, 3.05) is 14.2 Å². The molecule has 1 atom stereocenters. The Labute approximate surface area is 134 Å². The zero-order valence-electron chi connectivity index (χ0n) is 13.6. The van der Waals surface area contributed by atoms with Crippen molar-refractivity contribution in [2.24, 2.45) is 0 Å². The van der Waals surface area contributed by atoms with Crippen LogP contribution in [0.15, 0.2) is 28.8 Å². The van der Waals surface area contributed by atoms with Gasteiger partial charge in [0.15, 0.2) is 11.6 Å². The van der Waals surface area contributed by atoms with Crippen LogP contribution in [0.4, 0.5) is 9.18 Å². The molecular formula is C16H20FN3O3. The lowest BCUT2D eigenvalue weighted by atomic mass is 10.1. The number of hydrogen-bond acceptors (Lipinski definition) is 4. The van der Waals surface area contributed by atoms with E-state index in [9.17, 15) is 9.18 Å². The van der Waals surface area contributed by atoms with Gasteiger partial charge in [-0.1, -0.05) is 11.2 Å². The van der Waals surface area contributed by atoms with Gasteiger partial charge in [0.25, 0.3) is 0 Å². The minimum atomic E-state index is -0.461. The molecule has 1 N–H and O–H groups in total. The van der Waals surface area contributed by atoms with Crippen LogP contribution in [0.3, 0.4) is 0 Å².